The monoisotopic (exact) mass is 555 g/mol. The van der Waals surface area contributed by atoms with E-state index in [-0.39, 0.29) is 17.1 Å². The predicted molar refractivity (Wildman–Crippen MR) is 160 cm³/mol. The fourth-order valence-corrected chi connectivity index (χ4v) is 5.60. The van der Waals surface area contributed by atoms with Crippen molar-refractivity contribution in [3.8, 4) is 17.2 Å². The molecule has 1 aliphatic heterocycles. The third kappa shape index (κ3) is 5.53. The summed E-state index contributed by atoms with van der Waals surface area (Å²) in [4.78, 5) is 29.7. The lowest BCUT2D eigenvalue weighted by Gasteiger charge is -2.26. The summed E-state index contributed by atoms with van der Waals surface area (Å²) in [6.45, 7) is 6.99. The Bertz CT molecular complexity index is 1620. The number of unbranched alkanes of at least 4 members (excludes halogenated alkanes) is 2. The van der Waals surface area contributed by atoms with Crippen LogP contribution in [0.25, 0.3) is 11.0 Å². The van der Waals surface area contributed by atoms with Crippen molar-refractivity contribution in [3.63, 3.8) is 0 Å². The van der Waals surface area contributed by atoms with Crippen molar-refractivity contribution in [2.24, 2.45) is 0 Å². The molecule has 1 atom stereocenters. The standard InChI is InChI=1S/C34H37NO6/c1-6-7-8-17-40-27-14-11-24(20-28(27)39-5)30-29-31(36)26-19-21(2)18-22(3)32(26)41-33(29)34(37)35(30)16-15-23-9-12-25(38-4)13-10-23/h9-14,18-20,30H,6-8,15-17H2,1-5H3. The highest BCUT2D eigenvalue weighted by Gasteiger charge is 2.43. The van der Waals surface area contributed by atoms with E-state index >= 15 is 0 Å². The number of fused-ring (bicyclic) bond motifs is 2. The number of carbonyl (C=O) groups is 1. The largest absolute Gasteiger partial charge is 0.497 e. The van der Waals surface area contributed by atoms with Gasteiger partial charge < -0.3 is 23.5 Å². The molecule has 0 spiro atoms. The first-order valence-corrected chi connectivity index (χ1v) is 14.2. The molecule has 0 fully saturated rings. The molecule has 2 heterocycles. The molecule has 1 aromatic heterocycles. The van der Waals surface area contributed by atoms with Crippen LogP contribution in [0.4, 0.5) is 0 Å². The summed E-state index contributed by atoms with van der Waals surface area (Å²) in [7, 11) is 3.23. The smallest absolute Gasteiger partial charge is 0.290 e. The highest BCUT2D eigenvalue weighted by molar-refractivity contribution is 5.99. The van der Waals surface area contributed by atoms with Crippen LogP contribution in [0.5, 0.6) is 17.2 Å². The maximum Gasteiger partial charge on any atom is 0.290 e. The van der Waals surface area contributed by atoms with Crippen LogP contribution in [0.2, 0.25) is 0 Å². The predicted octanol–water partition coefficient (Wildman–Crippen LogP) is 6.78. The number of methoxy groups -OCH3 is 2. The van der Waals surface area contributed by atoms with Gasteiger partial charge in [-0.1, -0.05) is 44.0 Å². The minimum Gasteiger partial charge on any atom is -0.497 e. The van der Waals surface area contributed by atoms with Gasteiger partial charge >= 0.3 is 0 Å². The number of hydrogen-bond acceptors (Lipinski definition) is 6. The molecule has 7 heteroatoms. The van der Waals surface area contributed by atoms with Crippen molar-refractivity contribution in [2.75, 3.05) is 27.4 Å². The molecule has 214 valence electrons. The maximum absolute atomic E-state index is 14.1. The summed E-state index contributed by atoms with van der Waals surface area (Å²) in [5.41, 5.74) is 4.24. The summed E-state index contributed by atoms with van der Waals surface area (Å²) in [5, 5.41) is 0.485. The molecule has 1 unspecified atom stereocenters. The molecule has 0 radical (unpaired) electrons. The van der Waals surface area contributed by atoms with Gasteiger partial charge in [0.1, 0.15) is 11.3 Å². The van der Waals surface area contributed by atoms with E-state index in [1.54, 1.807) is 19.1 Å². The van der Waals surface area contributed by atoms with Gasteiger partial charge in [0.15, 0.2) is 16.9 Å². The Balaban J connectivity index is 1.58. The molecule has 0 aliphatic carbocycles. The highest BCUT2D eigenvalue weighted by Crippen LogP contribution is 2.41. The summed E-state index contributed by atoms with van der Waals surface area (Å²) in [6.07, 6.45) is 3.75. The van der Waals surface area contributed by atoms with Crippen LogP contribution >= 0.6 is 0 Å². The second-order valence-electron chi connectivity index (χ2n) is 10.6. The van der Waals surface area contributed by atoms with Crippen LogP contribution in [-0.2, 0) is 6.42 Å². The van der Waals surface area contributed by atoms with E-state index in [1.807, 2.05) is 68.4 Å². The van der Waals surface area contributed by atoms with E-state index in [4.69, 9.17) is 18.6 Å². The number of carbonyl (C=O) groups excluding carboxylic acids is 1. The highest BCUT2D eigenvalue weighted by atomic mass is 16.5. The van der Waals surface area contributed by atoms with Crippen molar-refractivity contribution < 1.29 is 23.4 Å². The van der Waals surface area contributed by atoms with Crippen molar-refractivity contribution in [2.45, 2.75) is 52.5 Å². The van der Waals surface area contributed by atoms with E-state index in [0.717, 1.165) is 47.3 Å². The van der Waals surface area contributed by atoms with Gasteiger partial charge in [-0.2, -0.15) is 0 Å². The molecule has 3 aromatic carbocycles. The SMILES string of the molecule is CCCCCOc1ccc(C2c3c(oc4c(C)cc(C)cc4c3=O)C(=O)N2CCc2ccc(OC)cc2)cc1OC. The van der Waals surface area contributed by atoms with Gasteiger partial charge in [-0.05, 0) is 79.3 Å². The minimum atomic E-state index is -0.625. The fourth-order valence-electron chi connectivity index (χ4n) is 5.60. The summed E-state index contributed by atoms with van der Waals surface area (Å²) < 4.78 is 23.2. The van der Waals surface area contributed by atoms with E-state index in [2.05, 4.69) is 6.92 Å². The number of hydrogen-bond donors (Lipinski definition) is 0. The van der Waals surface area contributed by atoms with Crippen molar-refractivity contribution in [3.05, 3.63) is 98.4 Å². The zero-order valence-electron chi connectivity index (χ0n) is 24.4. The van der Waals surface area contributed by atoms with Crippen LogP contribution < -0.4 is 19.6 Å². The molecule has 0 N–H and O–H groups in total. The Labute approximate surface area is 240 Å². The van der Waals surface area contributed by atoms with Crippen LogP contribution in [0, 0.1) is 13.8 Å². The van der Waals surface area contributed by atoms with Gasteiger partial charge in [0.25, 0.3) is 5.91 Å². The van der Waals surface area contributed by atoms with Crippen molar-refractivity contribution >= 4 is 16.9 Å². The second kappa shape index (κ2) is 12.1. The first kappa shape index (κ1) is 28.3. The molecule has 5 rings (SSSR count). The van der Waals surface area contributed by atoms with E-state index in [1.165, 1.54) is 0 Å². The Morgan fingerprint density at radius 3 is 2.39 bits per heavy atom. The Morgan fingerprint density at radius 2 is 1.68 bits per heavy atom. The topological polar surface area (TPSA) is 78.2 Å². The van der Waals surface area contributed by atoms with Gasteiger partial charge in [-0.3, -0.25) is 9.59 Å². The quantitative estimate of drug-likeness (QED) is 0.190. The first-order valence-electron chi connectivity index (χ1n) is 14.2. The minimum absolute atomic E-state index is 0.105. The number of ether oxygens (including phenoxy) is 3. The average molecular weight is 556 g/mol. The van der Waals surface area contributed by atoms with Gasteiger partial charge in [0.05, 0.1) is 37.8 Å². The van der Waals surface area contributed by atoms with Crippen molar-refractivity contribution in [1.29, 1.82) is 0 Å². The first-order chi connectivity index (χ1) is 19.9. The number of aryl methyl sites for hydroxylation is 2. The zero-order valence-corrected chi connectivity index (χ0v) is 24.4. The molecule has 41 heavy (non-hydrogen) atoms. The molecule has 0 bridgehead atoms. The lowest BCUT2D eigenvalue weighted by atomic mass is 9.97. The molecule has 7 nitrogen and oxygen atoms in total. The van der Waals surface area contributed by atoms with Crippen LogP contribution in [-0.4, -0.2) is 38.2 Å². The molecule has 0 saturated heterocycles. The van der Waals surface area contributed by atoms with E-state index < -0.39 is 6.04 Å². The van der Waals surface area contributed by atoms with Crippen LogP contribution in [0.15, 0.2) is 63.8 Å². The molecule has 1 amide bonds. The maximum atomic E-state index is 14.1. The molecule has 1 aliphatic rings. The molecular weight excluding hydrogens is 518 g/mol. The van der Waals surface area contributed by atoms with Crippen molar-refractivity contribution in [1.82, 2.24) is 4.90 Å². The number of nitrogens with zero attached hydrogens (tertiary/aromatic N) is 1. The number of benzene rings is 3. The Kier molecular flexibility index (Phi) is 8.34. The molecule has 4 aromatic rings. The Hall–Kier alpha value is -4.26. The van der Waals surface area contributed by atoms with Gasteiger partial charge in [-0.25, -0.2) is 0 Å². The van der Waals surface area contributed by atoms with Gasteiger partial charge in [-0.15, -0.1) is 0 Å². The van der Waals surface area contributed by atoms with E-state index in [9.17, 15) is 9.59 Å². The normalized spacial score (nSPS) is 14.4. The second-order valence-corrected chi connectivity index (χ2v) is 10.6. The number of rotatable bonds is 11. The van der Waals surface area contributed by atoms with Crippen LogP contribution in [0.3, 0.4) is 0 Å². The summed E-state index contributed by atoms with van der Waals surface area (Å²) in [5.74, 6) is 1.78. The summed E-state index contributed by atoms with van der Waals surface area (Å²) in [6, 6.07) is 16.6. The lowest BCUT2D eigenvalue weighted by molar-refractivity contribution is 0.0730. The lowest BCUT2D eigenvalue weighted by Crippen LogP contribution is -2.31. The van der Waals surface area contributed by atoms with Gasteiger partial charge in [0, 0.05) is 6.54 Å². The average Bonchev–Trinajstić information content (AvgIpc) is 3.26. The summed E-state index contributed by atoms with van der Waals surface area (Å²) >= 11 is 0. The van der Waals surface area contributed by atoms with Gasteiger partial charge in [0.2, 0.25) is 5.76 Å². The third-order valence-corrected chi connectivity index (χ3v) is 7.71. The zero-order chi connectivity index (χ0) is 29.1. The molecular formula is C34H37NO6. The third-order valence-electron chi connectivity index (χ3n) is 7.71. The molecule has 0 saturated carbocycles. The Morgan fingerprint density at radius 1 is 0.902 bits per heavy atom. The number of amides is 1. The van der Waals surface area contributed by atoms with E-state index in [0.29, 0.717) is 47.6 Å². The fraction of sp³-hybridized carbons (Fsp3) is 0.353. The van der Waals surface area contributed by atoms with Crippen LogP contribution in [0.1, 0.15) is 70.6 Å².